The van der Waals surface area contributed by atoms with Crippen molar-refractivity contribution in [2.24, 2.45) is 7.05 Å². The number of amides is 1. The lowest BCUT2D eigenvalue weighted by Crippen LogP contribution is -2.47. The van der Waals surface area contributed by atoms with Gasteiger partial charge in [0.25, 0.3) is 0 Å². The molecule has 0 unspecified atom stereocenters. The number of piperidine rings is 1. The molecule has 3 N–H and O–H groups in total. The molecule has 0 saturated carbocycles. The number of rotatable bonds is 2. The fourth-order valence-electron chi connectivity index (χ4n) is 4.26. The van der Waals surface area contributed by atoms with E-state index in [1.165, 1.54) is 0 Å². The molecule has 2 fully saturated rings. The van der Waals surface area contributed by atoms with Crippen molar-refractivity contribution in [3.8, 4) is 11.1 Å². The number of nitrogens with zero attached hydrogens (tertiary/aromatic N) is 4. The number of alkyl carbamates (subject to hydrolysis) is 1. The third-order valence-electron chi connectivity index (χ3n) is 5.93. The zero-order chi connectivity index (χ0) is 20.2. The van der Waals surface area contributed by atoms with E-state index in [2.05, 4.69) is 26.4 Å². The number of pyridine rings is 1. The SMILES string of the molecule is Cn1ncc2cc(-c3cnc(N)c(Cl)c3N3CCC4(CC3)CNC(=O)O4)ccc21. The largest absolute Gasteiger partial charge is 0.441 e. The van der Waals surface area contributed by atoms with Crippen LogP contribution in [0.3, 0.4) is 0 Å². The van der Waals surface area contributed by atoms with Crippen molar-refractivity contribution >= 4 is 40.1 Å². The van der Waals surface area contributed by atoms with Gasteiger partial charge in [-0.25, -0.2) is 9.78 Å². The Morgan fingerprint density at radius 1 is 1.28 bits per heavy atom. The highest BCUT2D eigenvalue weighted by Crippen LogP contribution is 2.42. The molecule has 2 aliphatic heterocycles. The summed E-state index contributed by atoms with van der Waals surface area (Å²) in [5.74, 6) is 0.308. The highest BCUT2D eigenvalue weighted by Gasteiger charge is 2.43. The van der Waals surface area contributed by atoms with E-state index in [9.17, 15) is 4.79 Å². The van der Waals surface area contributed by atoms with Gasteiger partial charge >= 0.3 is 6.09 Å². The summed E-state index contributed by atoms with van der Waals surface area (Å²) in [6, 6.07) is 6.18. The molecule has 8 nitrogen and oxygen atoms in total. The molecular formula is C20H21ClN6O2. The summed E-state index contributed by atoms with van der Waals surface area (Å²) in [6.45, 7) is 1.97. The van der Waals surface area contributed by atoms with E-state index in [4.69, 9.17) is 22.1 Å². The van der Waals surface area contributed by atoms with Crippen LogP contribution in [-0.2, 0) is 11.8 Å². The second-order valence-corrected chi connectivity index (χ2v) is 8.05. The number of anilines is 2. The molecule has 1 spiro atoms. The third-order valence-corrected chi connectivity index (χ3v) is 6.31. The van der Waals surface area contributed by atoms with Crippen LogP contribution in [-0.4, -0.2) is 46.1 Å². The number of hydrogen-bond acceptors (Lipinski definition) is 6. The first-order valence-corrected chi connectivity index (χ1v) is 9.91. The fraction of sp³-hybridized carbons (Fsp3) is 0.350. The van der Waals surface area contributed by atoms with Crippen molar-refractivity contribution < 1.29 is 9.53 Å². The van der Waals surface area contributed by atoms with E-state index in [1.807, 2.05) is 30.1 Å². The van der Waals surface area contributed by atoms with Crippen LogP contribution >= 0.6 is 11.6 Å². The van der Waals surface area contributed by atoms with E-state index >= 15 is 0 Å². The van der Waals surface area contributed by atoms with E-state index in [1.54, 1.807) is 6.20 Å². The Hall–Kier alpha value is -3.00. The number of halogens is 1. The van der Waals surface area contributed by atoms with Crippen LogP contribution in [0.25, 0.3) is 22.0 Å². The molecule has 9 heteroatoms. The first-order chi connectivity index (χ1) is 14.0. The van der Waals surface area contributed by atoms with Gasteiger partial charge in [-0.2, -0.15) is 5.10 Å². The van der Waals surface area contributed by atoms with Crippen molar-refractivity contribution in [2.75, 3.05) is 30.3 Å². The van der Waals surface area contributed by atoms with Crippen molar-refractivity contribution in [3.05, 3.63) is 35.6 Å². The number of carbonyl (C=O) groups excluding carboxylic acids is 1. The minimum atomic E-state index is -0.423. The number of aromatic nitrogens is 3. The minimum absolute atomic E-state index is 0.308. The maximum absolute atomic E-state index is 11.5. The molecular weight excluding hydrogens is 392 g/mol. The number of aryl methyl sites for hydroxylation is 1. The summed E-state index contributed by atoms with van der Waals surface area (Å²) in [7, 11) is 1.92. The van der Waals surface area contributed by atoms with Crippen molar-refractivity contribution in [1.29, 1.82) is 0 Å². The van der Waals surface area contributed by atoms with E-state index in [0.717, 1.165) is 40.6 Å². The molecule has 2 aliphatic rings. The Balaban J connectivity index is 1.52. The van der Waals surface area contributed by atoms with Gasteiger partial charge in [0, 0.05) is 50.1 Å². The number of benzene rings is 1. The Labute approximate surface area is 172 Å². The van der Waals surface area contributed by atoms with Gasteiger partial charge in [0.15, 0.2) is 0 Å². The molecule has 2 aromatic heterocycles. The molecule has 2 saturated heterocycles. The third kappa shape index (κ3) is 2.95. The minimum Gasteiger partial charge on any atom is -0.441 e. The molecule has 5 rings (SSSR count). The molecule has 0 aliphatic carbocycles. The average Bonchev–Trinajstić information content (AvgIpc) is 3.27. The van der Waals surface area contributed by atoms with Crippen LogP contribution in [0.1, 0.15) is 12.8 Å². The predicted molar refractivity (Wildman–Crippen MR) is 112 cm³/mol. The standard InChI is InChI=1S/C20H21ClN6O2/c1-26-15-3-2-12(8-13(15)9-25-26)14-10-23-18(22)16(21)17(14)27-6-4-20(5-7-27)11-24-19(28)29-20/h2-3,8-10H,4-7,11H2,1H3,(H2,22,23)(H,24,28). The number of ether oxygens (including phenoxy) is 1. The molecule has 0 radical (unpaired) electrons. The van der Waals surface area contributed by atoms with Crippen LogP contribution in [0.4, 0.5) is 16.3 Å². The van der Waals surface area contributed by atoms with Gasteiger partial charge in [0.1, 0.15) is 16.4 Å². The first kappa shape index (κ1) is 18.1. The Bertz CT molecular complexity index is 1120. The molecule has 1 aromatic carbocycles. The summed E-state index contributed by atoms with van der Waals surface area (Å²) in [5.41, 5.74) is 9.47. The predicted octanol–water partition coefficient (Wildman–Crippen LogP) is 2.95. The smallest absolute Gasteiger partial charge is 0.407 e. The molecule has 150 valence electrons. The summed E-state index contributed by atoms with van der Waals surface area (Å²) in [6.07, 6.45) is 4.73. The lowest BCUT2D eigenvalue weighted by molar-refractivity contribution is 0.0367. The monoisotopic (exact) mass is 412 g/mol. The normalized spacial score (nSPS) is 18.3. The Morgan fingerprint density at radius 2 is 2.07 bits per heavy atom. The van der Waals surface area contributed by atoms with Gasteiger partial charge in [-0.15, -0.1) is 0 Å². The second-order valence-electron chi connectivity index (χ2n) is 7.67. The van der Waals surface area contributed by atoms with E-state index in [0.29, 0.717) is 30.5 Å². The number of nitrogens with two attached hydrogens (primary N) is 1. The molecule has 0 bridgehead atoms. The Kier molecular flexibility index (Phi) is 4.06. The maximum Gasteiger partial charge on any atom is 0.407 e. The highest BCUT2D eigenvalue weighted by molar-refractivity contribution is 6.36. The van der Waals surface area contributed by atoms with Crippen LogP contribution in [0, 0.1) is 0 Å². The van der Waals surface area contributed by atoms with Gasteiger partial charge in [0.05, 0.1) is 23.9 Å². The number of nitrogen functional groups attached to an aromatic ring is 1. The quantitative estimate of drug-likeness (QED) is 0.671. The second kappa shape index (κ2) is 6.52. The van der Waals surface area contributed by atoms with E-state index < -0.39 is 5.60 Å². The molecule has 1 amide bonds. The lowest BCUT2D eigenvalue weighted by Gasteiger charge is -2.39. The molecule has 0 atom stereocenters. The van der Waals surface area contributed by atoms with Gasteiger partial charge in [-0.3, -0.25) is 4.68 Å². The number of fused-ring (bicyclic) bond motifs is 1. The zero-order valence-electron chi connectivity index (χ0n) is 16.0. The Morgan fingerprint density at radius 3 is 2.79 bits per heavy atom. The topological polar surface area (TPSA) is 98.3 Å². The van der Waals surface area contributed by atoms with Gasteiger partial charge in [0.2, 0.25) is 0 Å². The van der Waals surface area contributed by atoms with Gasteiger partial charge in [-0.05, 0) is 17.7 Å². The highest BCUT2D eigenvalue weighted by atomic mass is 35.5. The van der Waals surface area contributed by atoms with Crippen molar-refractivity contribution in [3.63, 3.8) is 0 Å². The molecule has 29 heavy (non-hydrogen) atoms. The summed E-state index contributed by atoms with van der Waals surface area (Å²) < 4.78 is 7.38. The zero-order valence-corrected chi connectivity index (χ0v) is 16.7. The maximum atomic E-state index is 11.5. The molecule has 3 aromatic rings. The average molecular weight is 413 g/mol. The van der Waals surface area contributed by atoms with E-state index in [-0.39, 0.29) is 6.09 Å². The lowest BCUT2D eigenvalue weighted by atomic mass is 9.91. The van der Waals surface area contributed by atoms with Crippen LogP contribution in [0.15, 0.2) is 30.6 Å². The van der Waals surface area contributed by atoms with Crippen LogP contribution < -0.4 is 16.0 Å². The summed E-state index contributed by atoms with van der Waals surface area (Å²) >= 11 is 6.63. The summed E-state index contributed by atoms with van der Waals surface area (Å²) in [4.78, 5) is 18.0. The first-order valence-electron chi connectivity index (χ1n) is 9.54. The molecule has 4 heterocycles. The number of hydrogen-bond donors (Lipinski definition) is 2. The van der Waals surface area contributed by atoms with Gasteiger partial charge < -0.3 is 20.7 Å². The number of carbonyl (C=O) groups is 1. The summed E-state index contributed by atoms with van der Waals surface area (Å²) in [5, 5.41) is 8.58. The van der Waals surface area contributed by atoms with Crippen molar-refractivity contribution in [1.82, 2.24) is 20.1 Å². The van der Waals surface area contributed by atoms with Crippen LogP contribution in [0.5, 0.6) is 0 Å². The van der Waals surface area contributed by atoms with Crippen molar-refractivity contribution in [2.45, 2.75) is 18.4 Å². The number of nitrogens with one attached hydrogen (secondary N) is 1. The van der Waals surface area contributed by atoms with Gasteiger partial charge in [-0.1, -0.05) is 17.7 Å². The fourth-order valence-corrected chi connectivity index (χ4v) is 4.53. The van der Waals surface area contributed by atoms with Crippen LogP contribution in [0.2, 0.25) is 5.02 Å².